The molecule has 1 heterocycles. The topological polar surface area (TPSA) is 56.7 Å². The number of hydrogen-bond acceptors (Lipinski definition) is 2. The molecule has 1 fully saturated rings. The minimum absolute atomic E-state index is 0. The number of benzene rings is 1. The van der Waals surface area contributed by atoms with Crippen molar-refractivity contribution in [2.24, 2.45) is 4.99 Å². The van der Waals surface area contributed by atoms with Crippen LogP contribution >= 0.6 is 24.0 Å². The zero-order valence-corrected chi connectivity index (χ0v) is 16.6. The second-order valence-corrected chi connectivity index (χ2v) is 5.60. The first-order valence-corrected chi connectivity index (χ1v) is 8.21. The predicted molar refractivity (Wildman–Crippen MR) is 110 cm³/mol. The van der Waals surface area contributed by atoms with E-state index in [1.54, 1.807) is 6.08 Å². The zero-order chi connectivity index (χ0) is 16.5. The van der Waals surface area contributed by atoms with Crippen molar-refractivity contribution < 1.29 is 4.79 Å². The second-order valence-electron chi connectivity index (χ2n) is 5.60. The number of likely N-dealkylation sites (tertiary alicyclic amines) is 1. The molecule has 132 valence electrons. The molecule has 0 radical (unpaired) electrons. The highest BCUT2D eigenvalue weighted by Crippen LogP contribution is 2.15. The summed E-state index contributed by atoms with van der Waals surface area (Å²) < 4.78 is 0. The summed E-state index contributed by atoms with van der Waals surface area (Å²) in [5.74, 6) is 1.06. The van der Waals surface area contributed by atoms with E-state index < -0.39 is 0 Å². The Hall–Kier alpha value is -1.57. The monoisotopic (exact) mass is 442 g/mol. The van der Waals surface area contributed by atoms with Crippen LogP contribution in [-0.2, 0) is 17.9 Å². The van der Waals surface area contributed by atoms with Crippen LogP contribution in [-0.4, -0.2) is 36.4 Å². The Morgan fingerprint density at radius 3 is 2.58 bits per heavy atom. The number of amides is 1. The maximum Gasteiger partial charge on any atom is 0.222 e. The summed E-state index contributed by atoms with van der Waals surface area (Å²) in [6.45, 7) is 9.47. The van der Waals surface area contributed by atoms with E-state index in [1.165, 1.54) is 5.56 Å². The molecule has 1 aliphatic heterocycles. The van der Waals surface area contributed by atoms with Gasteiger partial charge in [0, 0.05) is 32.6 Å². The van der Waals surface area contributed by atoms with Crippen molar-refractivity contribution in [2.75, 3.05) is 19.6 Å². The molecule has 6 heteroatoms. The molecule has 2 rings (SSSR count). The Morgan fingerprint density at radius 1 is 1.29 bits per heavy atom. The minimum Gasteiger partial charge on any atom is -0.357 e. The van der Waals surface area contributed by atoms with E-state index in [4.69, 9.17) is 0 Å². The minimum atomic E-state index is 0. The van der Waals surface area contributed by atoms with Gasteiger partial charge in [0.05, 0.1) is 6.54 Å². The number of carbonyl (C=O) groups excluding carboxylic acids is 1. The summed E-state index contributed by atoms with van der Waals surface area (Å²) in [6.07, 6.45) is 3.48. The molecule has 1 aromatic carbocycles. The molecule has 1 amide bonds. The third kappa shape index (κ3) is 6.51. The molecule has 24 heavy (non-hydrogen) atoms. The number of carbonyl (C=O) groups is 1. The van der Waals surface area contributed by atoms with E-state index in [9.17, 15) is 4.79 Å². The fraction of sp³-hybridized carbons (Fsp3) is 0.444. The molecule has 0 saturated carbocycles. The van der Waals surface area contributed by atoms with Gasteiger partial charge in [0.15, 0.2) is 5.96 Å². The van der Waals surface area contributed by atoms with Gasteiger partial charge in [0.2, 0.25) is 5.91 Å². The summed E-state index contributed by atoms with van der Waals surface area (Å²) >= 11 is 0. The lowest BCUT2D eigenvalue weighted by molar-refractivity contribution is -0.128. The first-order valence-electron chi connectivity index (χ1n) is 8.21. The van der Waals surface area contributed by atoms with Gasteiger partial charge in [-0.3, -0.25) is 4.79 Å². The molecule has 0 bridgehead atoms. The fourth-order valence-electron chi connectivity index (χ4n) is 2.52. The smallest absolute Gasteiger partial charge is 0.222 e. The standard InChI is InChI=1S/C18H26N4O.HI/c1-3-11-20-18(19-4-2)21-13-15-7-9-16(10-8-15)14-22-12-5-6-17(22)23;/h3,7-10H,1,4-6,11-14H2,2H3,(H2,19,20,21);1H. The van der Waals surface area contributed by atoms with E-state index in [-0.39, 0.29) is 29.9 Å². The Morgan fingerprint density at radius 2 is 2.00 bits per heavy atom. The number of hydrogen-bond donors (Lipinski definition) is 2. The Kier molecular flexibility index (Phi) is 9.44. The SMILES string of the molecule is C=CCNC(=NCc1ccc(CN2CCCC2=O)cc1)NCC.I. The van der Waals surface area contributed by atoms with Gasteiger partial charge in [-0.05, 0) is 24.5 Å². The molecule has 1 aliphatic rings. The van der Waals surface area contributed by atoms with Crippen LogP contribution in [0.3, 0.4) is 0 Å². The molecular formula is C18H27IN4O. The van der Waals surface area contributed by atoms with Crippen molar-refractivity contribution in [3.63, 3.8) is 0 Å². The van der Waals surface area contributed by atoms with Crippen LogP contribution in [0.1, 0.15) is 30.9 Å². The Bertz CT molecular complexity index is 557. The molecule has 1 aromatic rings. The van der Waals surface area contributed by atoms with E-state index in [1.807, 2.05) is 11.8 Å². The third-order valence-electron chi connectivity index (χ3n) is 3.75. The average molecular weight is 442 g/mol. The lowest BCUT2D eigenvalue weighted by Gasteiger charge is -2.15. The first kappa shape index (κ1) is 20.5. The van der Waals surface area contributed by atoms with Crippen molar-refractivity contribution in [3.05, 3.63) is 48.0 Å². The lowest BCUT2D eigenvalue weighted by Crippen LogP contribution is -2.37. The second kappa shape index (κ2) is 11.1. The summed E-state index contributed by atoms with van der Waals surface area (Å²) in [6, 6.07) is 8.33. The summed E-state index contributed by atoms with van der Waals surface area (Å²) in [5.41, 5.74) is 2.32. The number of halogens is 1. The number of aliphatic imine (C=N–C) groups is 1. The quantitative estimate of drug-likeness (QED) is 0.296. The van der Waals surface area contributed by atoms with Crippen LogP contribution in [0.25, 0.3) is 0 Å². The molecule has 0 aliphatic carbocycles. The normalized spacial score (nSPS) is 14.3. The average Bonchev–Trinajstić information content (AvgIpc) is 2.96. The predicted octanol–water partition coefficient (Wildman–Crippen LogP) is 2.67. The molecular weight excluding hydrogens is 415 g/mol. The van der Waals surface area contributed by atoms with Gasteiger partial charge in [0.1, 0.15) is 0 Å². The summed E-state index contributed by atoms with van der Waals surface area (Å²) in [7, 11) is 0. The highest BCUT2D eigenvalue weighted by molar-refractivity contribution is 14.0. The number of nitrogens with one attached hydrogen (secondary N) is 2. The van der Waals surface area contributed by atoms with Gasteiger partial charge >= 0.3 is 0 Å². The number of rotatable bonds is 7. The van der Waals surface area contributed by atoms with Crippen LogP contribution in [0.2, 0.25) is 0 Å². The molecule has 5 nitrogen and oxygen atoms in total. The maximum absolute atomic E-state index is 11.7. The largest absolute Gasteiger partial charge is 0.357 e. The number of nitrogens with zero attached hydrogens (tertiary/aromatic N) is 2. The van der Waals surface area contributed by atoms with Crippen molar-refractivity contribution in [1.82, 2.24) is 15.5 Å². The highest BCUT2D eigenvalue weighted by Gasteiger charge is 2.19. The Balaban J connectivity index is 0.00000288. The van der Waals surface area contributed by atoms with Crippen molar-refractivity contribution in [1.29, 1.82) is 0 Å². The number of guanidine groups is 1. The van der Waals surface area contributed by atoms with E-state index in [0.717, 1.165) is 31.0 Å². The summed E-state index contributed by atoms with van der Waals surface area (Å²) in [4.78, 5) is 18.1. The van der Waals surface area contributed by atoms with Crippen molar-refractivity contribution in [2.45, 2.75) is 32.9 Å². The van der Waals surface area contributed by atoms with E-state index >= 15 is 0 Å². The van der Waals surface area contributed by atoms with Crippen LogP contribution in [0.15, 0.2) is 41.9 Å². The molecule has 1 saturated heterocycles. The maximum atomic E-state index is 11.7. The first-order chi connectivity index (χ1) is 11.2. The molecule has 2 N–H and O–H groups in total. The van der Waals surface area contributed by atoms with Crippen molar-refractivity contribution >= 4 is 35.8 Å². The molecule has 0 aromatic heterocycles. The fourth-order valence-corrected chi connectivity index (χ4v) is 2.52. The van der Waals surface area contributed by atoms with Crippen LogP contribution in [0.5, 0.6) is 0 Å². The lowest BCUT2D eigenvalue weighted by atomic mass is 10.1. The van der Waals surface area contributed by atoms with Gasteiger partial charge in [-0.2, -0.15) is 0 Å². The van der Waals surface area contributed by atoms with E-state index in [0.29, 0.717) is 26.1 Å². The molecule has 0 unspecified atom stereocenters. The van der Waals surface area contributed by atoms with Gasteiger partial charge < -0.3 is 15.5 Å². The molecule has 0 atom stereocenters. The van der Waals surface area contributed by atoms with Crippen LogP contribution in [0, 0.1) is 0 Å². The van der Waals surface area contributed by atoms with E-state index in [2.05, 4.69) is 46.5 Å². The summed E-state index contributed by atoms with van der Waals surface area (Å²) in [5, 5.41) is 6.38. The van der Waals surface area contributed by atoms with Gasteiger partial charge in [-0.1, -0.05) is 30.3 Å². The van der Waals surface area contributed by atoms with Crippen LogP contribution < -0.4 is 10.6 Å². The van der Waals surface area contributed by atoms with Crippen molar-refractivity contribution in [3.8, 4) is 0 Å². The van der Waals surface area contributed by atoms with Gasteiger partial charge in [-0.15, -0.1) is 30.6 Å². The zero-order valence-electron chi connectivity index (χ0n) is 14.3. The Labute approximate surface area is 161 Å². The third-order valence-corrected chi connectivity index (χ3v) is 3.75. The van der Waals surface area contributed by atoms with Crippen LogP contribution in [0.4, 0.5) is 0 Å². The van der Waals surface area contributed by atoms with Gasteiger partial charge in [-0.25, -0.2) is 4.99 Å². The highest BCUT2D eigenvalue weighted by atomic mass is 127. The van der Waals surface area contributed by atoms with Gasteiger partial charge in [0.25, 0.3) is 0 Å². The molecule has 0 spiro atoms.